The Morgan fingerprint density at radius 3 is 2.59 bits per heavy atom. The first kappa shape index (κ1) is 20.1. The Morgan fingerprint density at radius 1 is 1.26 bits per heavy atom. The van der Waals surface area contributed by atoms with E-state index in [0.29, 0.717) is 25.9 Å². The van der Waals surface area contributed by atoms with Crippen molar-refractivity contribution in [2.45, 2.75) is 57.9 Å². The van der Waals surface area contributed by atoms with Crippen molar-refractivity contribution < 1.29 is 24.2 Å². The number of carboxylic acids is 1. The molecule has 27 heavy (non-hydrogen) atoms. The molecule has 0 aromatic rings. The Morgan fingerprint density at radius 2 is 1.96 bits per heavy atom. The maximum atomic E-state index is 13.1. The number of hydrogen-bond donors (Lipinski definition) is 1. The second kappa shape index (κ2) is 8.17. The summed E-state index contributed by atoms with van der Waals surface area (Å²) in [4.78, 5) is 41.0. The van der Waals surface area contributed by atoms with E-state index in [0.717, 1.165) is 31.6 Å². The molecule has 3 aliphatic rings. The van der Waals surface area contributed by atoms with Crippen LogP contribution in [0.3, 0.4) is 0 Å². The highest BCUT2D eigenvalue weighted by Crippen LogP contribution is 2.35. The molecule has 3 fully saturated rings. The normalized spacial score (nSPS) is 34.7. The summed E-state index contributed by atoms with van der Waals surface area (Å²) in [6, 6.07) is 0.263. The van der Waals surface area contributed by atoms with Crippen LogP contribution < -0.4 is 0 Å². The van der Waals surface area contributed by atoms with Gasteiger partial charge >= 0.3 is 5.97 Å². The van der Waals surface area contributed by atoms with E-state index in [4.69, 9.17) is 4.74 Å². The van der Waals surface area contributed by atoms with Crippen molar-refractivity contribution >= 4 is 17.8 Å². The number of nitrogens with zero attached hydrogens (tertiary/aromatic N) is 2. The highest BCUT2D eigenvalue weighted by molar-refractivity contribution is 5.90. The van der Waals surface area contributed by atoms with Gasteiger partial charge in [0, 0.05) is 39.2 Å². The second-order valence-corrected chi connectivity index (χ2v) is 8.74. The van der Waals surface area contributed by atoms with Gasteiger partial charge in [-0.05, 0) is 44.4 Å². The number of carbonyl (C=O) groups is 3. The van der Waals surface area contributed by atoms with E-state index in [1.807, 2.05) is 4.90 Å². The summed E-state index contributed by atoms with van der Waals surface area (Å²) in [5.41, 5.74) is -1.04. The van der Waals surface area contributed by atoms with E-state index < -0.39 is 11.4 Å². The third-order valence-corrected chi connectivity index (χ3v) is 6.70. The van der Waals surface area contributed by atoms with E-state index in [1.54, 1.807) is 4.90 Å². The number of rotatable bonds is 5. The molecule has 0 bridgehead atoms. The van der Waals surface area contributed by atoms with Gasteiger partial charge < -0.3 is 19.6 Å². The van der Waals surface area contributed by atoms with Crippen molar-refractivity contribution in [3.8, 4) is 0 Å². The van der Waals surface area contributed by atoms with Gasteiger partial charge in [-0.3, -0.25) is 14.4 Å². The number of amides is 2. The van der Waals surface area contributed by atoms with Crippen LogP contribution in [0.1, 0.15) is 51.9 Å². The molecule has 2 unspecified atom stereocenters. The molecule has 3 rings (SSSR count). The van der Waals surface area contributed by atoms with E-state index in [1.165, 1.54) is 7.11 Å². The van der Waals surface area contributed by atoms with E-state index in [2.05, 4.69) is 6.92 Å². The molecule has 2 atom stereocenters. The Bertz CT molecular complexity index is 583. The largest absolute Gasteiger partial charge is 0.481 e. The van der Waals surface area contributed by atoms with Crippen LogP contribution in [0, 0.1) is 17.3 Å². The lowest BCUT2D eigenvalue weighted by Gasteiger charge is -2.40. The van der Waals surface area contributed by atoms with Crippen LogP contribution in [0.15, 0.2) is 0 Å². The van der Waals surface area contributed by atoms with Gasteiger partial charge in [-0.2, -0.15) is 0 Å². The minimum atomic E-state index is -1.04. The lowest BCUT2D eigenvalue weighted by Crippen LogP contribution is -2.53. The summed E-state index contributed by atoms with van der Waals surface area (Å²) in [5, 5.41) is 9.68. The number of carbonyl (C=O) groups excluding carboxylic acids is 2. The first-order chi connectivity index (χ1) is 12.9. The Hall–Kier alpha value is -1.63. The van der Waals surface area contributed by atoms with Gasteiger partial charge in [0.1, 0.15) is 5.41 Å². The molecule has 152 valence electrons. The summed E-state index contributed by atoms with van der Waals surface area (Å²) in [6.07, 6.45) is 5.73. The topological polar surface area (TPSA) is 87.1 Å². The molecule has 1 N–H and O–H groups in total. The molecule has 1 saturated carbocycles. The highest BCUT2D eigenvalue weighted by Gasteiger charge is 2.46. The van der Waals surface area contributed by atoms with Crippen molar-refractivity contribution in [1.29, 1.82) is 0 Å². The second-order valence-electron chi connectivity index (χ2n) is 8.74. The minimum absolute atomic E-state index is 0.0727. The molecule has 7 heteroatoms. The monoisotopic (exact) mass is 380 g/mol. The third kappa shape index (κ3) is 4.13. The maximum Gasteiger partial charge on any atom is 0.313 e. The Labute approximate surface area is 161 Å². The summed E-state index contributed by atoms with van der Waals surface area (Å²) >= 11 is 0. The highest BCUT2D eigenvalue weighted by atomic mass is 16.5. The van der Waals surface area contributed by atoms with Crippen LogP contribution >= 0.6 is 0 Å². The number of aliphatic carboxylic acids is 1. The van der Waals surface area contributed by atoms with Gasteiger partial charge in [-0.1, -0.05) is 6.92 Å². The molecule has 7 nitrogen and oxygen atoms in total. The van der Waals surface area contributed by atoms with Crippen LogP contribution in [-0.4, -0.2) is 72.1 Å². The molecule has 1 aliphatic carbocycles. The number of piperidine rings is 1. The molecular formula is C20H32N2O5. The number of hydrogen-bond acceptors (Lipinski definition) is 4. The fourth-order valence-electron chi connectivity index (χ4n) is 5.01. The third-order valence-electron chi connectivity index (χ3n) is 6.70. The molecule has 2 heterocycles. The van der Waals surface area contributed by atoms with Crippen LogP contribution in [0.4, 0.5) is 0 Å². The predicted molar refractivity (Wildman–Crippen MR) is 99.0 cm³/mol. The molecule has 2 saturated heterocycles. The standard InChI is InChI=1S/C20H32N2O5/c1-14-4-6-16(7-5-14)22-11-15(10-17(22)23)18(24)21-9-3-8-20(12-21,13-27-2)19(25)26/h14-16H,3-13H2,1-2H3,(H,25,26). The average Bonchev–Trinajstić information content (AvgIpc) is 3.04. The van der Waals surface area contributed by atoms with Gasteiger partial charge in [0.15, 0.2) is 0 Å². The molecule has 2 aliphatic heterocycles. The number of ether oxygens (including phenoxy) is 1. The van der Waals surface area contributed by atoms with Crippen LogP contribution in [-0.2, 0) is 19.1 Å². The summed E-state index contributed by atoms with van der Waals surface area (Å²) in [5.74, 6) is -0.538. The lowest BCUT2D eigenvalue weighted by atomic mass is 9.80. The fraction of sp³-hybridized carbons (Fsp3) is 0.850. The van der Waals surface area contributed by atoms with Crippen LogP contribution in [0.5, 0.6) is 0 Å². The van der Waals surface area contributed by atoms with E-state index >= 15 is 0 Å². The summed E-state index contributed by atoms with van der Waals surface area (Å²) in [6.45, 7) is 3.56. The molecule has 0 radical (unpaired) electrons. The number of likely N-dealkylation sites (tertiary alicyclic amines) is 2. The van der Waals surface area contributed by atoms with Crippen LogP contribution in [0.2, 0.25) is 0 Å². The Balaban J connectivity index is 1.64. The van der Waals surface area contributed by atoms with Gasteiger partial charge in [0.05, 0.1) is 12.5 Å². The van der Waals surface area contributed by atoms with Crippen molar-refractivity contribution in [2.24, 2.45) is 17.3 Å². The van der Waals surface area contributed by atoms with Crippen molar-refractivity contribution in [1.82, 2.24) is 9.80 Å². The van der Waals surface area contributed by atoms with Gasteiger partial charge in [0.25, 0.3) is 0 Å². The average molecular weight is 380 g/mol. The molecular weight excluding hydrogens is 348 g/mol. The molecule has 0 aromatic carbocycles. The number of carboxylic acid groups (broad SMARTS) is 1. The molecule has 2 amide bonds. The fourth-order valence-corrected chi connectivity index (χ4v) is 5.01. The summed E-state index contributed by atoms with van der Waals surface area (Å²) in [7, 11) is 1.49. The van der Waals surface area contributed by atoms with Gasteiger partial charge in [-0.25, -0.2) is 0 Å². The first-order valence-corrected chi connectivity index (χ1v) is 10.2. The quantitative estimate of drug-likeness (QED) is 0.785. The Kier molecular flexibility index (Phi) is 6.08. The smallest absolute Gasteiger partial charge is 0.313 e. The van der Waals surface area contributed by atoms with Gasteiger partial charge in [0.2, 0.25) is 11.8 Å². The van der Waals surface area contributed by atoms with Crippen molar-refractivity contribution in [3.63, 3.8) is 0 Å². The minimum Gasteiger partial charge on any atom is -0.481 e. The molecule has 0 aromatic heterocycles. The zero-order valence-corrected chi connectivity index (χ0v) is 16.5. The van der Waals surface area contributed by atoms with E-state index in [9.17, 15) is 19.5 Å². The zero-order chi connectivity index (χ0) is 19.6. The van der Waals surface area contributed by atoms with Gasteiger partial charge in [-0.15, -0.1) is 0 Å². The number of methoxy groups -OCH3 is 1. The zero-order valence-electron chi connectivity index (χ0n) is 16.5. The maximum absolute atomic E-state index is 13.1. The SMILES string of the molecule is COCC1(C(=O)O)CCCN(C(=O)C2CC(=O)N(C3CCC(C)CC3)C2)C1. The molecule has 0 spiro atoms. The van der Waals surface area contributed by atoms with Crippen molar-refractivity contribution in [2.75, 3.05) is 33.4 Å². The predicted octanol–water partition coefficient (Wildman–Crippen LogP) is 1.75. The summed E-state index contributed by atoms with van der Waals surface area (Å²) < 4.78 is 5.14. The first-order valence-electron chi connectivity index (χ1n) is 10.2. The van der Waals surface area contributed by atoms with Crippen molar-refractivity contribution in [3.05, 3.63) is 0 Å². The lowest BCUT2D eigenvalue weighted by molar-refractivity contribution is -0.160. The van der Waals surface area contributed by atoms with Crippen LogP contribution in [0.25, 0.3) is 0 Å². The van der Waals surface area contributed by atoms with E-state index in [-0.39, 0.29) is 43.3 Å².